The number of hydrogen-bond acceptors (Lipinski definition) is 1. The van der Waals surface area contributed by atoms with E-state index in [9.17, 15) is 0 Å². The van der Waals surface area contributed by atoms with E-state index in [2.05, 4.69) is 11.2 Å². The predicted octanol–water partition coefficient (Wildman–Crippen LogP) is 2.69. The first kappa shape index (κ1) is 6.62. The van der Waals surface area contributed by atoms with Gasteiger partial charge in [0, 0.05) is 5.39 Å². The molecular formula is C9H5ClN. The zero-order valence-electron chi connectivity index (χ0n) is 5.71. The number of nitrogens with zero attached hydrogens (tertiary/aromatic N) is 1. The molecule has 0 bridgehead atoms. The molecule has 0 fully saturated rings. The van der Waals surface area contributed by atoms with Gasteiger partial charge in [0.05, 0.1) is 6.20 Å². The van der Waals surface area contributed by atoms with Crippen LogP contribution in [0.4, 0.5) is 0 Å². The predicted molar refractivity (Wildman–Crippen MR) is 45.6 cm³/mol. The molecule has 53 valence electrons. The molecular weight excluding hydrogens is 158 g/mol. The van der Waals surface area contributed by atoms with Gasteiger partial charge in [-0.3, -0.25) is 0 Å². The van der Waals surface area contributed by atoms with E-state index in [0.29, 0.717) is 5.15 Å². The Balaban J connectivity index is 2.83. The van der Waals surface area contributed by atoms with Crippen molar-refractivity contribution in [2.45, 2.75) is 0 Å². The van der Waals surface area contributed by atoms with Gasteiger partial charge >= 0.3 is 0 Å². The monoisotopic (exact) mass is 162 g/mol. The third-order valence-electron chi connectivity index (χ3n) is 1.52. The summed E-state index contributed by atoms with van der Waals surface area (Å²) in [6.45, 7) is 0. The minimum absolute atomic E-state index is 0.490. The molecule has 0 aliphatic carbocycles. The molecule has 0 atom stereocenters. The molecule has 0 saturated heterocycles. The van der Waals surface area contributed by atoms with Crippen LogP contribution in [0.3, 0.4) is 0 Å². The van der Waals surface area contributed by atoms with Crippen molar-refractivity contribution in [2.75, 3.05) is 0 Å². The molecule has 0 amide bonds. The number of pyridine rings is 1. The van der Waals surface area contributed by atoms with Crippen molar-refractivity contribution in [3.63, 3.8) is 0 Å². The van der Waals surface area contributed by atoms with Crippen LogP contribution in [0.25, 0.3) is 10.8 Å². The fourth-order valence-corrected chi connectivity index (χ4v) is 1.16. The lowest BCUT2D eigenvalue weighted by atomic mass is 10.2. The van der Waals surface area contributed by atoms with Crippen LogP contribution in [0.2, 0.25) is 5.15 Å². The zero-order chi connectivity index (χ0) is 7.68. The summed E-state index contributed by atoms with van der Waals surface area (Å²) in [5, 5.41) is 2.56. The molecule has 1 nitrogen and oxygen atoms in total. The van der Waals surface area contributed by atoms with Gasteiger partial charge in [0.2, 0.25) is 0 Å². The highest BCUT2D eigenvalue weighted by molar-refractivity contribution is 6.30. The molecule has 2 heteroatoms. The van der Waals surface area contributed by atoms with Crippen molar-refractivity contribution >= 4 is 22.4 Å². The van der Waals surface area contributed by atoms with E-state index >= 15 is 0 Å². The number of fused-ring (bicyclic) bond motifs is 1. The van der Waals surface area contributed by atoms with Crippen LogP contribution in [-0.2, 0) is 0 Å². The second kappa shape index (κ2) is 2.51. The molecule has 0 saturated carbocycles. The van der Waals surface area contributed by atoms with E-state index < -0.39 is 0 Å². The first-order valence-electron chi connectivity index (χ1n) is 3.29. The van der Waals surface area contributed by atoms with Gasteiger partial charge in [0.25, 0.3) is 0 Å². The fourth-order valence-electron chi connectivity index (χ4n) is 0.999. The molecule has 11 heavy (non-hydrogen) atoms. The summed E-state index contributed by atoms with van der Waals surface area (Å²) in [4.78, 5) is 3.85. The SMILES string of the molecule is Clc1cc2ccccc2[c]n1. The van der Waals surface area contributed by atoms with E-state index in [-0.39, 0.29) is 0 Å². The lowest BCUT2D eigenvalue weighted by Gasteiger charge is -1.94. The summed E-state index contributed by atoms with van der Waals surface area (Å²) in [5.41, 5.74) is 0. The third kappa shape index (κ3) is 1.19. The first-order valence-corrected chi connectivity index (χ1v) is 3.67. The Bertz CT molecular complexity index is 384. The van der Waals surface area contributed by atoms with Gasteiger partial charge in [-0.25, -0.2) is 4.98 Å². The Hall–Kier alpha value is -1.08. The summed E-state index contributed by atoms with van der Waals surface area (Å²) in [6.07, 6.45) is 2.84. The van der Waals surface area contributed by atoms with Crippen LogP contribution >= 0.6 is 11.6 Å². The van der Waals surface area contributed by atoms with Gasteiger partial charge in [0.15, 0.2) is 0 Å². The molecule has 0 unspecified atom stereocenters. The highest BCUT2D eigenvalue weighted by Gasteiger charge is 1.92. The Morgan fingerprint density at radius 1 is 1.27 bits per heavy atom. The fraction of sp³-hybridized carbons (Fsp3) is 0. The Labute approximate surface area is 69.6 Å². The number of benzene rings is 1. The number of aromatic nitrogens is 1. The average molecular weight is 163 g/mol. The highest BCUT2D eigenvalue weighted by atomic mass is 35.5. The van der Waals surface area contributed by atoms with Crippen molar-refractivity contribution < 1.29 is 0 Å². The Morgan fingerprint density at radius 2 is 2.09 bits per heavy atom. The molecule has 0 aliphatic heterocycles. The van der Waals surface area contributed by atoms with E-state index in [0.717, 1.165) is 10.8 Å². The molecule has 1 heterocycles. The lowest BCUT2D eigenvalue weighted by Crippen LogP contribution is -1.76. The largest absolute Gasteiger partial charge is 0.234 e. The van der Waals surface area contributed by atoms with Crippen molar-refractivity contribution in [3.05, 3.63) is 41.7 Å². The molecule has 0 aliphatic rings. The maximum absolute atomic E-state index is 5.68. The van der Waals surface area contributed by atoms with Gasteiger partial charge in [-0.2, -0.15) is 0 Å². The maximum Gasteiger partial charge on any atom is 0.130 e. The van der Waals surface area contributed by atoms with Gasteiger partial charge in [-0.15, -0.1) is 0 Å². The van der Waals surface area contributed by atoms with E-state index in [1.54, 1.807) is 0 Å². The van der Waals surface area contributed by atoms with Crippen molar-refractivity contribution in [2.24, 2.45) is 0 Å². The van der Waals surface area contributed by atoms with Crippen LogP contribution < -0.4 is 0 Å². The minimum atomic E-state index is 0.490. The van der Waals surface area contributed by atoms with Crippen LogP contribution in [0.15, 0.2) is 30.3 Å². The van der Waals surface area contributed by atoms with Gasteiger partial charge in [-0.1, -0.05) is 35.9 Å². The normalized spacial score (nSPS) is 10.3. The molecule has 2 aromatic rings. The van der Waals surface area contributed by atoms with Gasteiger partial charge < -0.3 is 0 Å². The molecule has 1 aromatic carbocycles. The molecule has 0 spiro atoms. The number of halogens is 1. The van der Waals surface area contributed by atoms with Crippen molar-refractivity contribution in [3.8, 4) is 0 Å². The summed E-state index contributed by atoms with van der Waals surface area (Å²) in [7, 11) is 0. The first-order chi connectivity index (χ1) is 5.36. The maximum atomic E-state index is 5.68. The standard InChI is InChI=1S/C9H5ClN/c10-9-5-7-3-1-2-4-8(7)6-11-9/h1-5H. The van der Waals surface area contributed by atoms with Gasteiger partial charge in [-0.05, 0) is 11.5 Å². The van der Waals surface area contributed by atoms with E-state index in [1.807, 2.05) is 30.3 Å². The highest BCUT2D eigenvalue weighted by Crippen LogP contribution is 2.14. The molecule has 1 radical (unpaired) electrons. The molecule has 2 rings (SSSR count). The van der Waals surface area contributed by atoms with Crippen LogP contribution in [0.5, 0.6) is 0 Å². The quantitative estimate of drug-likeness (QED) is 0.543. The summed E-state index contributed by atoms with van der Waals surface area (Å²) < 4.78 is 0. The Kier molecular flexibility index (Phi) is 1.51. The summed E-state index contributed by atoms with van der Waals surface area (Å²) in [6, 6.07) is 9.69. The van der Waals surface area contributed by atoms with Gasteiger partial charge in [0.1, 0.15) is 5.15 Å². The van der Waals surface area contributed by atoms with Crippen molar-refractivity contribution in [1.29, 1.82) is 0 Å². The topological polar surface area (TPSA) is 12.9 Å². The lowest BCUT2D eigenvalue weighted by molar-refractivity contribution is 1.35. The summed E-state index contributed by atoms with van der Waals surface area (Å²) in [5.74, 6) is 0. The minimum Gasteiger partial charge on any atom is -0.234 e. The number of rotatable bonds is 0. The average Bonchev–Trinajstić information content (AvgIpc) is 2.04. The second-order valence-corrected chi connectivity index (χ2v) is 2.67. The van der Waals surface area contributed by atoms with Crippen LogP contribution in [0, 0.1) is 6.20 Å². The van der Waals surface area contributed by atoms with E-state index in [1.165, 1.54) is 0 Å². The van der Waals surface area contributed by atoms with E-state index in [4.69, 9.17) is 11.6 Å². The molecule has 1 aromatic heterocycles. The third-order valence-corrected chi connectivity index (χ3v) is 1.71. The summed E-state index contributed by atoms with van der Waals surface area (Å²) >= 11 is 5.68. The molecule has 0 N–H and O–H groups in total. The Morgan fingerprint density at radius 3 is 3.00 bits per heavy atom. The smallest absolute Gasteiger partial charge is 0.130 e. The zero-order valence-corrected chi connectivity index (χ0v) is 6.47. The number of hydrogen-bond donors (Lipinski definition) is 0. The second-order valence-electron chi connectivity index (χ2n) is 2.28. The van der Waals surface area contributed by atoms with Crippen molar-refractivity contribution in [1.82, 2.24) is 4.98 Å². The van der Waals surface area contributed by atoms with Crippen LogP contribution in [0.1, 0.15) is 0 Å². The van der Waals surface area contributed by atoms with Crippen LogP contribution in [-0.4, -0.2) is 4.98 Å².